The van der Waals surface area contributed by atoms with Gasteiger partial charge in [-0.2, -0.15) is 0 Å². The van der Waals surface area contributed by atoms with Crippen molar-refractivity contribution in [3.63, 3.8) is 0 Å². The molecule has 116 valence electrons. The van der Waals surface area contributed by atoms with Crippen LogP contribution in [-0.4, -0.2) is 16.9 Å². The number of hydrogen-bond donors (Lipinski definition) is 1. The molecule has 1 aromatic carbocycles. The second-order valence-corrected chi connectivity index (χ2v) is 6.76. The topological polar surface area (TPSA) is 60.2 Å². The van der Waals surface area contributed by atoms with Gasteiger partial charge in [0.05, 0.1) is 10.00 Å². The predicted octanol–water partition coefficient (Wildman–Crippen LogP) is 3.66. The maximum Gasteiger partial charge on any atom is 0.230 e. The highest BCUT2D eigenvalue weighted by Crippen LogP contribution is 2.44. The van der Waals surface area contributed by atoms with Crippen LogP contribution in [-0.2, 0) is 14.3 Å². The van der Waals surface area contributed by atoms with Crippen LogP contribution < -0.4 is 5.73 Å². The van der Waals surface area contributed by atoms with Crippen molar-refractivity contribution >= 4 is 23.5 Å². The number of Topliss-reactive ketones (excluding diaryl/α,β-unsaturated/α-hetero) is 1. The van der Waals surface area contributed by atoms with E-state index in [0.717, 1.165) is 24.8 Å². The zero-order valence-corrected chi connectivity index (χ0v) is 13.9. The lowest BCUT2D eigenvalue weighted by Gasteiger charge is -2.33. The van der Waals surface area contributed by atoms with Gasteiger partial charge >= 0.3 is 0 Å². The molecule has 0 radical (unpaired) electrons. The first-order chi connectivity index (χ1) is 9.97. The number of amides is 1. The van der Waals surface area contributed by atoms with Crippen molar-refractivity contribution in [3.8, 4) is 0 Å². The Hall–Kier alpha value is -1.29. The Morgan fingerprint density at radius 2 is 1.86 bits per heavy atom. The van der Waals surface area contributed by atoms with Crippen LogP contribution in [0, 0.1) is 0 Å². The number of nitrogens with two attached hydrogens (primary N) is 1. The van der Waals surface area contributed by atoms with Crippen LogP contribution in [0.4, 0.5) is 0 Å². The van der Waals surface area contributed by atoms with Gasteiger partial charge in [0, 0.05) is 0 Å². The number of unbranched alkanes of at least 4 members (excludes halogenated alkanes) is 1. The molecule has 0 saturated heterocycles. The smallest absolute Gasteiger partial charge is 0.230 e. The summed E-state index contributed by atoms with van der Waals surface area (Å²) in [6.07, 6.45) is 3.31. The molecule has 1 amide bonds. The van der Waals surface area contributed by atoms with Crippen molar-refractivity contribution < 1.29 is 9.59 Å². The molecule has 1 aromatic rings. The van der Waals surface area contributed by atoms with E-state index in [9.17, 15) is 9.59 Å². The van der Waals surface area contributed by atoms with Gasteiger partial charge in [-0.25, -0.2) is 0 Å². The average Bonchev–Trinajstić information content (AvgIpc) is 2.48. The van der Waals surface area contributed by atoms with E-state index < -0.39 is 4.75 Å². The highest BCUT2D eigenvalue weighted by Gasteiger charge is 2.39. The first-order valence-electron chi connectivity index (χ1n) is 7.51. The highest BCUT2D eigenvalue weighted by atomic mass is 32.2. The number of rotatable bonds is 9. The molecule has 0 bridgehead atoms. The van der Waals surface area contributed by atoms with Gasteiger partial charge in [-0.05, 0) is 25.3 Å². The molecule has 3 nitrogen and oxygen atoms in total. The molecule has 0 unspecified atom stereocenters. The molecular formula is C17H25NO2S. The van der Waals surface area contributed by atoms with Gasteiger partial charge in [0.2, 0.25) is 5.91 Å². The fraction of sp³-hybridized carbons (Fsp3) is 0.529. The monoisotopic (exact) mass is 307 g/mol. The lowest BCUT2D eigenvalue weighted by molar-refractivity contribution is -0.119. The summed E-state index contributed by atoms with van der Waals surface area (Å²) in [7, 11) is 0. The number of benzene rings is 1. The molecule has 0 saturated carbocycles. The predicted molar refractivity (Wildman–Crippen MR) is 89.2 cm³/mol. The van der Waals surface area contributed by atoms with E-state index in [1.165, 1.54) is 11.8 Å². The molecule has 1 rings (SSSR count). The number of primary amides is 1. The van der Waals surface area contributed by atoms with Gasteiger partial charge in [-0.1, -0.05) is 57.0 Å². The molecular weight excluding hydrogens is 282 g/mol. The number of carbonyl (C=O) groups excluding carboxylic acids is 2. The summed E-state index contributed by atoms with van der Waals surface area (Å²) in [5, 5.41) is -0.325. The summed E-state index contributed by atoms with van der Waals surface area (Å²) in [6, 6.07) is 9.69. The Bertz CT molecular complexity index is 475. The molecule has 0 heterocycles. The molecule has 2 atom stereocenters. The van der Waals surface area contributed by atoms with Gasteiger partial charge in [-0.3, -0.25) is 9.59 Å². The lowest BCUT2D eigenvalue weighted by atomic mass is 9.92. The van der Waals surface area contributed by atoms with E-state index in [1.54, 1.807) is 6.92 Å². The summed E-state index contributed by atoms with van der Waals surface area (Å²) >= 11 is 1.42. The van der Waals surface area contributed by atoms with E-state index in [4.69, 9.17) is 5.73 Å². The molecule has 21 heavy (non-hydrogen) atoms. The Balaban J connectivity index is 3.13. The number of thioether (sulfide) groups is 1. The summed E-state index contributed by atoms with van der Waals surface area (Å²) in [5.41, 5.74) is 6.50. The Kier molecular flexibility index (Phi) is 6.96. The molecule has 0 aliphatic rings. The van der Waals surface area contributed by atoms with Crippen LogP contribution in [0.15, 0.2) is 30.3 Å². The molecule has 0 aliphatic carbocycles. The van der Waals surface area contributed by atoms with Crippen molar-refractivity contribution in [1.29, 1.82) is 0 Å². The molecule has 0 fully saturated rings. The maximum atomic E-state index is 12.4. The summed E-state index contributed by atoms with van der Waals surface area (Å²) < 4.78 is -0.686. The van der Waals surface area contributed by atoms with E-state index in [-0.39, 0.29) is 16.9 Å². The van der Waals surface area contributed by atoms with Gasteiger partial charge < -0.3 is 5.73 Å². The van der Waals surface area contributed by atoms with Gasteiger partial charge in [0.25, 0.3) is 0 Å². The number of carbonyl (C=O) groups is 2. The van der Waals surface area contributed by atoms with Crippen LogP contribution in [0.25, 0.3) is 0 Å². The van der Waals surface area contributed by atoms with Crippen LogP contribution in [0.1, 0.15) is 52.0 Å². The van der Waals surface area contributed by atoms with Crippen molar-refractivity contribution in [3.05, 3.63) is 35.9 Å². The van der Waals surface area contributed by atoms with E-state index in [0.29, 0.717) is 6.42 Å². The molecule has 0 aliphatic heterocycles. The summed E-state index contributed by atoms with van der Waals surface area (Å²) in [5.74, 6) is -0.257. The second kappa shape index (κ2) is 8.23. The normalized spacial score (nSPS) is 15.2. The Morgan fingerprint density at radius 3 is 2.29 bits per heavy atom. The first-order valence-corrected chi connectivity index (χ1v) is 8.39. The maximum absolute atomic E-state index is 12.4. The van der Waals surface area contributed by atoms with Gasteiger partial charge in [-0.15, -0.1) is 11.8 Å². The molecule has 2 N–H and O–H groups in total. The van der Waals surface area contributed by atoms with E-state index in [2.05, 4.69) is 6.92 Å². The second-order valence-electron chi connectivity index (χ2n) is 5.25. The molecule has 0 spiro atoms. The largest absolute Gasteiger partial charge is 0.369 e. The third-order valence-electron chi connectivity index (χ3n) is 3.79. The van der Waals surface area contributed by atoms with E-state index in [1.807, 2.05) is 37.3 Å². The number of hydrogen-bond acceptors (Lipinski definition) is 3. The minimum Gasteiger partial charge on any atom is -0.369 e. The minimum atomic E-state index is -0.686. The quantitative estimate of drug-likeness (QED) is 0.757. The van der Waals surface area contributed by atoms with Crippen molar-refractivity contribution in [2.75, 3.05) is 0 Å². The van der Waals surface area contributed by atoms with Crippen molar-refractivity contribution in [1.82, 2.24) is 0 Å². The Morgan fingerprint density at radius 1 is 1.24 bits per heavy atom. The van der Waals surface area contributed by atoms with Crippen molar-refractivity contribution in [2.45, 2.75) is 56.5 Å². The fourth-order valence-electron chi connectivity index (χ4n) is 2.49. The average molecular weight is 307 g/mol. The molecule has 4 heteroatoms. The zero-order chi connectivity index (χ0) is 15.9. The zero-order valence-electron chi connectivity index (χ0n) is 13.1. The van der Waals surface area contributed by atoms with Crippen LogP contribution in [0.3, 0.4) is 0 Å². The van der Waals surface area contributed by atoms with Crippen LogP contribution in [0.5, 0.6) is 0 Å². The SMILES string of the molecule is CCCC[C@H](S[C@](CC)(C(C)=O)c1ccccc1)C(N)=O. The third kappa shape index (κ3) is 4.34. The lowest BCUT2D eigenvalue weighted by Crippen LogP contribution is -2.36. The van der Waals surface area contributed by atoms with Gasteiger partial charge in [0.1, 0.15) is 5.78 Å². The first kappa shape index (κ1) is 17.8. The van der Waals surface area contributed by atoms with Gasteiger partial charge in [0.15, 0.2) is 0 Å². The minimum absolute atomic E-state index is 0.0731. The Labute approximate surface area is 131 Å². The highest BCUT2D eigenvalue weighted by molar-refractivity contribution is 8.02. The van der Waals surface area contributed by atoms with Crippen molar-refractivity contribution in [2.24, 2.45) is 5.73 Å². The summed E-state index contributed by atoms with van der Waals surface area (Å²) in [6.45, 7) is 5.67. The third-order valence-corrected chi connectivity index (χ3v) is 5.75. The molecule has 0 aromatic heterocycles. The number of ketones is 1. The van der Waals surface area contributed by atoms with E-state index >= 15 is 0 Å². The van der Waals surface area contributed by atoms with Crippen LogP contribution >= 0.6 is 11.8 Å². The van der Waals surface area contributed by atoms with Crippen LogP contribution in [0.2, 0.25) is 0 Å². The summed E-state index contributed by atoms with van der Waals surface area (Å²) in [4.78, 5) is 24.1. The standard InChI is InChI=1S/C17H25NO2S/c1-4-6-12-15(16(18)20)21-17(5-2,13(3)19)14-10-8-7-9-11-14/h7-11,15H,4-6,12H2,1-3H3,(H2,18,20)/t15-,17+/m0/s1. The fourth-order valence-corrected chi connectivity index (χ4v) is 3.98.